The minimum atomic E-state index is -0.300. The molecule has 0 bridgehead atoms. The van der Waals surface area contributed by atoms with E-state index in [2.05, 4.69) is 5.32 Å². The van der Waals surface area contributed by atoms with Crippen LogP contribution >= 0.6 is 0 Å². The topological polar surface area (TPSA) is 49.3 Å². The average molecular weight is 251 g/mol. The number of carbonyl (C=O) groups excluding carboxylic acids is 1. The molecule has 1 aromatic carbocycles. The van der Waals surface area contributed by atoms with Crippen LogP contribution in [-0.4, -0.2) is 23.7 Å². The Kier molecular flexibility index (Phi) is 5.52. The van der Waals surface area contributed by atoms with E-state index in [1.165, 1.54) is 12.1 Å². The molecule has 1 rings (SSSR count). The number of benzene rings is 1. The number of hydrogen-bond acceptors (Lipinski definition) is 2. The van der Waals surface area contributed by atoms with E-state index >= 15 is 0 Å². The van der Waals surface area contributed by atoms with Crippen molar-refractivity contribution in [1.82, 2.24) is 5.32 Å². The number of nitrogens with one attached hydrogen (secondary N) is 1. The van der Waals surface area contributed by atoms with Gasteiger partial charge in [0.2, 0.25) is 5.91 Å². The normalized spacial score (nSPS) is 13.2. The summed E-state index contributed by atoms with van der Waals surface area (Å²) in [5.41, 5.74) is 1.32. The van der Waals surface area contributed by atoms with Gasteiger partial charge in [-0.05, 0) is 44.0 Å². The van der Waals surface area contributed by atoms with Gasteiger partial charge in [-0.1, -0.05) is 12.1 Å². The number of rotatable bonds is 5. The Hall–Kier alpha value is -1.68. The molecule has 18 heavy (non-hydrogen) atoms. The quantitative estimate of drug-likeness (QED) is 0.787. The molecule has 1 amide bonds. The van der Waals surface area contributed by atoms with Crippen LogP contribution in [0.3, 0.4) is 0 Å². The summed E-state index contributed by atoms with van der Waals surface area (Å²) in [5.74, 6) is -0.480. The van der Waals surface area contributed by atoms with Gasteiger partial charge in [0.05, 0.1) is 0 Å². The lowest BCUT2D eigenvalue weighted by atomic mass is 10.1. The van der Waals surface area contributed by atoms with E-state index in [0.717, 1.165) is 5.56 Å². The molecule has 2 N–H and O–H groups in total. The zero-order valence-electron chi connectivity index (χ0n) is 10.6. The maximum atomic E-state index is 12.7. The van der Waals surface area contributed by atoms with Gasteiger partial charge in [-0.25, -0.2) is 4.39 Å². The molecule has 0 saturated heterocycles. The van der Waals surface area contributed by atoms with Crippen molar-refractivity contribution in [2.45, 2.75) is 26.3 Å². The van der Waals surface area contributed by atoms with Gasteiger partial charge in [0.25, 0.3) is 0 Å². The summed E-state index contributed by atoms with van der Waals surface area (Å²) in [7, 11) is 0. The Morgan fingerprint density at radius 3 is 2.61 bits per heavy atom. The Morgan fingerprint density at radius 2 is 2.06 bits per heavy atom. The van der Waals surface area contributed by atoms with Crippen LogP contribution in [0.4, 0.5) is 4.39 Å². The fraction of sp³-hybridized carbons (Fsp3) is 0.357. The second kappa shape index (κ2) is 6.91. The smallest absolute Gasteiger partial charge is 0.247 e. The summed E-state index contributed by atoms with van der Waals surface area (Å²) >= 11 is 0. The van der Waals surface area contributed by atoms with Crippen molar-refractivity contribution in [2.24, 2.45) is 0 Å². The Balaban J connectivity index is 2.65. The molecule has 0 radical (unpaired) electrons. The predicted octanol–water partition coefficient (Wildman–Crippen LogP) is 2.12. The third kappa shape index (κ3) is 4.67. The van der Waals surface area contributed by atoms with Gasteiger partial charge in [-0.2, -0.15) is 0 Å². The second-order valence-electron chi connectivity index (χ2n) is 4.27. The lowest BCUT2D eigenvalue weighted by Gasteiger charge is -2.12. The van der Waals surface area contributed by atoms with Crippen molar-refractivity contribution in [3.8, 4) is 0 Å². The number of carbonyl (C=O) groups is 1. The fourth-order valence-electron chi connectivity index (χ4n) is 1.48. The van der Waals surface area contributed by atoms with Crippen LogP contribution in [0.2, 0.25) is 0 Å². The standard InChI is InChI=1S/C14H18FNO2/c1-10(14(18)16-11(2)7-8-17)9-12-3-5-13(15)6-4-12/h3-6,9,11,17H,7-8H2,1-2H3,(H,16,18)/b10-9+. The summed E-state index contributed by atoms with van der Waals surface area (Å²) in [6.07, 6.45) is 2.22. The summed E-state index contributed by atoms with van der Waals surface area (Å²) in [4.78, 5) is 11.8. The Morgan fingerprint density at radius 1 is 1.44 bits per heavy atom. The molecule has 0 aliphatic heterocycles. The number of aliphatic hydroxyl groups is 1. The monoisotopic (exact) mass is 251 g/mol. The van der Waals surface area contributed by atoms with Gasteiger partial charge in [0, 0.05) is 18.2 Å². The third-order valence-electron chi connectivity index (χ3n) is 2.55. The molecule has 0 heterocycles. The average Bonchev–Trinajstić information content (AvgIpc) is 2.32. The predicted molar refractivity (Wildman–Crippen MR) is 69.4 cm³/mol. The molecular weight excluding hydrogens is 233 g/mol. The minimum Gasteiger partial charge on any atom is -0.396 e. The number of hydrogen-bond donors (Lipinski definition) is 2. The lowest BCUT2D eigenvalue weighted by Crippen LogP contribution is -2.33. The lowest BCUT2D eigenvalue weighted by molar-refractivity contribution is -0.118. The fourth-order valence-corrected chi connectivity index (χ4v) is 1.48. The number of aliphatic hydroxyl groups excluding tert-OH is 1. The van der Waals surface area contributed by atoms with Crippen molar-refractivity contribution in [1.29, 1.82) is 0 Å². The van der Waals surface area contributed by atoms with Gasteiger partial charge < -0.3 is 10.4 Å². The van der Waals surface area contributed by atoms with E-state index in [4.69, 9.17) is 5.11 Å². The Bertz CT molecular complexity index is 426. The van der Waals surface area contributed by atoms with Crippen LogP contribution < -0.4 is 5.32 Å². The summed E-state index contributed by atoms with van der Waals surface area (Å²) < 4.78 is 12.7. The third-order valence-corrected chi connectivity index (χ3v) is 2.55. The molecule has 4 heteroatoms. The van der Waals surface area contributed by atoms with Gasteiger partial charge in [-0.3, -0.25) is 4.79 Å². The minimum absolute atomic E-state index is 0.0438. The highest BCUT2D eigenvalue weighted by atomic mass is 19.1. The Labute approximate surface area is 106 Å². The van der Waals surface area contributed by atoms with E-state index in [1.807, 2.05) is 6.92 Å². The van der Waals surface area contributed by atoms with Crippen molar-refractivity contribution >= 4 is 12.0 Å². The van der Waals surface area contributed by atoms with Crippen LogP contribution in [0.25, 0.3) is 6.08 Å². The molecule has 0 saturated carbocycles. The SMILES string of the molecule is C/C(=C\c1ccc(F)cc1)C(=O)NC(C)CCO. The molecule has 0 fully saturated rings. The largest absolute Gasteiger partial charge is 0.396 e. The van der Waals surface area contributed by atoms with E-state index in [-0.39, 0.29) is 24.4 Å². The van der Waals surface area contributed by atoms with Crippen LogP contribution in [0.15, 0.2) is 29.8 Å². The van der Waals surface area contributed by atoms with Crippen LogP contribution in [0.5, 0.6) is 0 Å². The molecule has 0 aliphatic rings. The van der Waals surface area contributed by atoms with Crippen LogP contribution in [0, 0.1) is 5.82 Å². The highest BCUT2D eigenvalue weighted by molar-refractivity contribution is 5.97. The van der Waals surface area contributed by atoms with E-state index in [9.17, 15) is 9.18 Å². The number of amides is 1. The van der Waals surface area contributed by atoms with Crippen molar-refractivity contribution in [3.05, 3.63) is 41.2 Å². The molecule has 3 nitrogen and oxygen atoms in total. The van der Waals surface area contributed by atoms with Gasteiger partial charge in [0.15, 0.2) is 0 Å². The molecule has 1 aromatic rings. The van der Waals surface area contributed by atoms with Crippen molar-refractivity contribution in [3.63, 3.8) is 0 Å². The van der Waals surface area contributed by atoms with E-state index in [1.54, 1.807) is 25.1 Å². The van der Waals surface area contributed by atoms with E-state index < -0.39 is 0 Å². The molecule has 98 valence electrons. The van der Waals surface area contributed by atoms with Crippen LogP contribution in [-0.2, 0) is 4.79 Å². The molecule has 1 unspecified atom stereocenters. The zero-order chi connectivity index (χ0) is 13.5. The summed E-state index contributed by atoms with van der Waals surface area (Å²) in [6.45, 7) is 3.58. The summed E-state index contributed by atoms with van der Waals surface area (Å²) in [5, 5.41) is 11.5. The zero-order valence-corrected chi connectivity index (χ0v) is 10.6. The van der Waals surface area contributed by atoms with E-state index in [0.29, 0.717) is 12.0 Å². The highest BCUT2D eigenvalue weighted by Crippen LogP contribution is 2.08. The molecular formula is C14H18FNO2. The first-order valence-corrected chi connectivity index (χ1v) is 5.88. The summed E-state index contributed by atoms with van der Waals surface area (Å²) in [6, 6.07) is 5.86. The van der Waals surface area contributed by atoms with Crippen LogP contribution in [0.1, 0.15) is 25.8 Å². The molecule has 0 spiro atoms. The molecule has 1 atom stereocenters. The first-order valence-electron chi connectivity index (χ1n) is 5.88. The van der Waals surface area contributed by atoms with Gasteiger partial charge >= 0.3 is 0 Å². The maximum Gasteiger partial charge on any atom is 0.247 e. The maximum absolute atomic E-state index is 12.7. The number of halogens is 1. The van der Waals surface area contributed by atoms with Gasteiger partial charge in [0.1, 0.15) is 5.82 Å². The highest BCUT2D eigenvalue weighted by Gasteiger charge is 2.08. The second-order valence-corrected chi connectivity index (χ2v) is 4.27. The first-order chi connectivity index (χ1) is 8.52. The van der Waals surface area contributed by atoms with Gasteiger partial charge in [-0.15, -0.1) is 0 Å². The van der Waals surface area contributed by atoms with Crippen molar-refractivity contribution in [2.75, 3.05) is 6.61 Å². The first kappa shape index (κ1) is 14.4. The molecule has 0 aliphatic carbocycles. The van der Waals surface area contributed by atoms with Crippen molar-refractivity contribution < 1.29 is 14.3 Å². The molecule has 0 aromatic heterocycles.